The van der Waals surface area contributed by atoms with Gasteiger partial charge in [0.15, 0.2) is 5.13 Å². The molecule has 1 aliphatic carbocycles. The van der Waals surface area contributed by atoms with Gasteiger partial charge in [0.2, 0.25) is 0 Å². The van der Waals surface area contributed by atoms with Gasteiger partial charge in [0.25, 0.3) is 0 Å². The lowest BCUT2D eigenvalue weighted by Gasteiger charge is -1.97. The second-order valence-corrected chi connectivity index (χ2v) is 6.45. The number of thiazole rings is 2. The van der Waals surface area contributed by atoms with Crippen molar-refractivity contribution in [3.05, 3.63) is 27.2 Å². The standard InChI is InChI=1S/C11H13N3S2/c1-7-4-13-11(15-7)14-6-9-5-12-10(16-9)8-2-3-8/h4-5,8H,2-3,6H2,1H3,(H,13,14). The first-order chi connectivity index (χ1) is 7.81. The summed E-state index contributed by atoms with van der Waals surface area (Å²) in [5, 5.41) is 5.64. The van der Waals surface area contributed by atoms with Gasteiger partial charge in [-0.2, -0.15) is 0 Å². The van der Waals surface area contributed by atoms with Crippen molar-refractivity contribution in [2.24, 2.45) is 0 Å². The normalized spacial score (nSPS) is 15.3. The van der Waals surface area contributed by atoms with E-state index in [1.54, 1.807) is 11.3 Å². The maximum atomic E-state index is 4.46. The monoisotopic (exact) mass is 251 g/mol. The van der Waals surface area contributed by atoms with Gasteiger partial charge in [-0.05, 0) is 19.8 Å². The molecule has 0 amide bonds. The second kappa shape index (κ2) is 4.14. The maximum absolute atomic E-state index is 4.46. The van der Waals surface area contributed by atoms with Gasteiger partial charge in [0, 0.05) is 28.1 Å². The molecule has 0 bridgehead atoms. The Labute approximate surface area is 103 Å². The highest BCUT2D eigenvalue weighted by Gasteiger charge is 2.26. The van der Waals surface area contributed by atoms with Crippen molar-refractivity contribution >= 4 is 27.8 Å². The summed E-state index contributed by atoms with van der Waals surface area (Å²) in [6.45, 7) is 2.91. The summed E-state index contributed by atoms with van der Waals surface area (Å²) in [4.78, 5) is 11.3. The van der Waals surface area contributed by atoms with E-state index in [0.717, 1.165) is 17.6 Å². The van der Waals surface area contributed by atoms with Crippen LogP contribution in [0.25, 0.3) is 0 Å². The molecule has 84 valence electrons. The predicted molar refractivity (Wildman–Crippen MR) is 68.3 cm³/mol. The molecule has 0 radical (unpaired) electrons. The molecule has 2 heterocycles. The van der Waals surface area contributed by atoms with Crippen LogP contribution in [-0.2, 0) is 6.54 Å². The van der Waals surface area contributed by atoms with Crippen molar-refractivity contribution in [3.63, 3.8) is 0 Å². The molecule has 3 nitrogen and oxygen atoms in total. The number of nitrogens with one attached hydrogen (secondary N) is 1. The Hall–Kier alpha value is -0.940. The van der Waals surface area contributed by atoms with Crippen LogP contribution in [0.15, 0.2) is 12.4 Å². The van der Waals surface area contributed by atoms with Crippen molar-refractivity contribution in [1.29, 1.82) is 0 Å². The lowest BCUT2D eigenvalue weighted by atomic mass is 10.5. The van der Waals surface area contributed by atoms with Crippen molar-refractivity contribution in [3.8, 4) is 0 Å². The largest absolute Gasteiger partial charge is 0.357 e. The molecule has 1 fully saturated rings. The van der Waals surface area contributed by atoms with Gasteiger partial charge < -0.3 is 5.32 Å². The Balaban J connectivity index is 1.61. The quantitative estimate of drug-likeness (QED) is 0.905. The Kier molecular flexibility index (Phi) is 2.65. The summed E-state index contributed by atoms with van der Waals surface area (Å²) < 4.78 is 0. The fourth-order valence-electron chi connectivity index (χ4n) is 1.52. The van der Waals surface area contributed by atoms with E-state index in [1.807, 2.05) is 23.7 Å². The van der Waals surface area contributed by atoms with E-state index in [4.69, 9.17) is 0 Å². The minimum absolute atomic E-state index is 0.765. The fraction of sp³-hybridized carbons (Fsp3) is 0.455. The van der Waals surface area contributed by atoms with Crippen molar-refractivity contribution in [1.82, 2.24) is 9.97 Å². The van der Waals surface area contributed by atoms with Crippen molar-refractivity contribution in [2.75, 3.05) is 5.32 Å². The number of hydrogen-bond donors (Lipinski definition) is 1. The molecule has 1 aliphatic rings. The van der Waals surface area contributed by atoms with E-state index in [-0.39, 0.29) is 0 Å². The first-order valence-electron chi connectivity index (χ1n) is 5.42. The zero-order valence-corrected chi connectivity index (χ0v) is 10.7. The van der Waals surface area contributed by atoms with Gasteiger partial charge in [0.1, 0.15) is 0 Å². The van der Waals surface area contributed by atoms with Gasteiger partial charge in [-0.3, -0.25) is 0 Å². The van der Waals surface area contributed by atoms with E-state index < -0.39 is 0 Å². The zero-order valence-electron chi connectivity index (χ0n) is 9.06. The summed E-state index contributed by atoms with van der Waals surface area (Å²) in [6, 6.07) is 0. The molecule has 0 spiro atoms. The first-order valence-corrected chi connectivity index (χ1v) is 7.05. The second-order valence-electron chi connectivity index (χ2n) is 4.07. The van der Waals surface area contributed by atoms with Crippen LogP contribution in [0.5, 0.6) is 0 Å². The topological polar surface area (TPSA) is 37.8 Å². The Morgan fingerprint density at radius 1 is 1.31 bits per heavy atom. The maximum Gasteiger partial charge on any atom is 0.183 e. The molecule has 1 N–H and O–H groups in total. The molecular weight excluding hydrogens is 238 g/mol. The molecular formula is C11H13N3S2. The molecule has 0 atom stereocenters. The smallest absolute Gasteiger partial charge is 0.183 e. The number of nitrogens with zero attached hydrogens (tertiary/aromatic N) is 2. The molecule has 5 heteroatoms. The third-order valence-electron chi connectivity index (χ3n) is 2.53. The third-order valence-corrected chi connectivity index (χ3v) is 4.56. The van der Waals surface area contributed by atoms with Crippen LogP contribution in [0, 0.1) is 6.92 Å². The van der Waals surface area contributed by atoms with Crippen LogP contribution in [0.2, 0.25) is 0 Å². The SMILES string of the molecule is Cc1cnc(NCc2cnc(C3CC3)s2)s1. The van der Waals surface area contributed by atoms with Gasteiger partial charge in [0.05, 0.1) is 11.6 Å². The summed E-state index contributed by atoms with van der Waals surface area (Å²) in [5.74, 6) is 0.765. The van der Waals surface area contributed by atoms with E-state index in [9.17, 15) is 0 Å². The fourth-order valence-corrected chi connectivity index (χ4v) is 3.21. The minimum Gasteiger partial charge on any atom is -0.357 e. The zero-order chi connectivity index (χ0) is 11.0. The van der Waals surface area contributed by atoms with Gasteiger partial charge in [-0.25, -0.2) is 9.97 Å². The van der Waals surface area contributed by atoms with Gasteiger partial charge >= 0.3 is 0 Å². The molecule has 1 saturated carbocycles. The summed E-state index contributed by atoms with van der Waals surface area (Å²) in [7, 11) is 0. The van der Waals surface area contributed by atoms with E-state index in [2.05, 4.69) is 22.2 Å². The first kappa shape index (κ1) is 10.2. The van der Waals surface area contributed by atoms with Crippen LogP contribution >= 0.6 is 22.7 Å². The molecule has 0 unspecified atom stereocenters. The van der Waals surface area contributed by atoms with E-state index >= 15 is 0 Å². The highest BCUT2D eigenvalue weighted by atomic mass is 32.1. The van der Waals surface area contributed by atoms with Crippen molar-refractivity contribution < 1.29 is 0 Å². The molecule has 16 heavy (non-hydrogen) atoms. The van der Waals surface area contributed by atoms with Gasteiger partial charge in [-0.1, -0.05) is 0 Å². The predicted octanol–water partition coefficient (Wildman–Crippen LogP) is 3.40. The molecule has 2 aromatic heterocycles. The average molecular weight is 251 g/mol. The van der Waals surface area contributed by atoms with Crippen LogP contribution < -0.4 is 5.32 Å². The Morgan fingerprint density at radius 3 is 2.88 bits per heavy atom. The summed E-state index contributed by atoms with van der Waals surface area (Å²) in [6.07, 6.45) is 6.54. The molecule has 0 aromatic carbocycles. The number of aryl methyl sites for hydroxylation is 1. The van der Waals surface area contributed by atoms with Crippen LogP contribution in [0.1, 0.15) is 33.5 Å². The molecule has 2 aromatic rings. The summed E-state index contributed by atoms with van der Waals surface area (Å²) in [5.41, 5.74) is 0. The Bertz CT molecular complexity index is 485. The number of anilines is 1. The lowest BCUT2D eigenvalue weighted by molar-refractivity contribution is 1.08. The minimum atomic E-state index is 0.765. The number of hydrogen-bond acceptors (Lipinski definition) is 5. The molecule has 0 aliphatic heterocycles. The average Bonchev–Trinajstić information content (AvgIpc) is 2.87. The summed E-state index contributed by atoms with van der Waals surface area (Å²) >= 11 is 3.53. The lowest BCUT2D eigenvalue weighted by Crippen LogP contribution is -1.95. The Morgan fingerprint density at radius 2 is 2.19 bits per heavy atom. The highest BCUT2D eigenvalue weighted by molar-refractivity contribution is 7.15. The van der Waals surface area contributed by atoms with Crippen LogP contribution in [0.4, 0.5) is 5.13 Å². The highest BCUT2D eigenvalue weighted by Crippen LogP contribution is 2.41. The van der Waals surface area contributed by atoms with Crippen molar-refractivity contribution in [2.45, 2.75) is 32.2 Å². The van der Waals surface area contributed by atoms with Crippen LogP contribution in [-0.4, -0.2) is 9.97 Å². The molecule has 3 rings (SSSR count). The van der Waals surface area contributed by atoms with Crippen LogP contribution in [0.3, 0.4) is 0 Å². The number of rotatable bonds is 4. The van der Waals surface area contributed by atoms with Gasteiger partial charge in [-0.15, -0.1) is 22.7 Å². The van der Waals surface area contributed by atoms with E-state index in [1.165, 1.54) is 27.6 Å². The number of aromatic nitrogens is 2. The van der Waals surface area contributed by atoms with E-state index in [0.29, 0.717) is 0 Å². The molecule has 0 saturated heterocycles. The third kappa shape index (κ3) is 2.25.